The predicted molar refractivity (Wildman–Crippen MR) is 82.9 cm³/mol. The van der Waals surface area contributed by atoms with Crippen LogP contribution in [0.5, 0.6) is 5.75 Å². The lowest BCUT2D eigenvalue weighted by atomic mass is 9.82. The van der Waals surface area contributed by atoms with Crippen molar-refractivity contribution in [3.05, 3.63) is 29.3 Å². The summed E-state index contributed by atoms with van der Waals surface area (Å²) >= 11 is 0. The van der Waals surface area contributed by atoms with Crippen LogP contribution in [-0.2, 0) is 11.3 Å². The van der Waals surface area contributed by atoms with Crippen LogP contribution < -0.4 is 10.1 Å². The number of amides is 1. The fourth-order valence-electron chi connectivity index (χ4n) is 3.04. The summed E-state index contributed by atoms with van der Waals surface area (Å²) < 4.78 is 5.03. The zero-order chi connectivity index (χ0) is 16.1. The van der Waals surface area contributed by atoms with Crippen molar-refractivity contribution in [3.8, 4) is 5.75 Å². The molecule has 0 radical (unpaired) electrons. The van der Waals surface area contributed by atoms with Crippen molar-refractivity contribution in [2.45, 2.75) is 39.2 Å². The van der Waals surface area contributed by atoms with Gasteiger partial charge in [0.25, 0.3) is 0 Å². The molecule has 0 saturated heterocycles. The van der Waals surface area contributed by atoms with E-state index in [1.807, 2.05) is 0 Å². The number of nitrogens with one attached hydrogen (secondary N) is 1. The number of hydrogen-bond donors (Lipinski definition) is 2. The topological polar surface area (TPSA) is 75.6 Å². The van der Waals surface area contributed by atoms with Gasteiger partial charge in [-0.05, 0) is 36.5 Å². The quantitative estimate of drug-likeness (QED) is 0.877. The Kier molecular flexibility index (Phi) is 5.41. The molecule has 22 heavy (non-hydrogen) atoms. The fraction of sp³-hybridized carbons (Fsp3) is 0.529. The molecule has 0 bridgehead atoms. The summed E-state index contributed by atoms with van der Waals surface area (Å²) in [6, 6.07) is 4.94. The van der Waals surface area contributed by atoms with Gasteiger partial charge in [-0.15, -0.1) is 0 Å². The van der Waals surface area contributed by atoms with Crippen LogP contribution >= 0.6 is 0 Å². The van der Waals surface area contributed by atoms with Gasteiger partial charge in [0.2, 0.25) is 5.91 Å². The smallest absolute Gasteiger partial charge is 0.339 e. The second kappa shape index (κ2) is 7.29. The van der Waals surface area contributed by atoms with E-state index in [0.29, 0.717) is 18.2 Å². The number of methoxy groups -OCH3 is 1. The largest absolute Gasteiger partial charge is 0.496 e. The molecule has 1 aromatic carbocycles. The monoisotopic (exact) mass is 305 g/mol. The maximum Gasteiger partial charge on any atom is 0.339 e. The molecule has 5 nitrogen and oxygen atoms in total. The molecule has 1 aliphatic carbocycles. The third-order valence-electron chi connectivity index (χ3n) is 4.27. The van der Waals surface area contributed by atoms with Gasteiger partial charge in [-0.2, -0.15) is 0 Å². The fourth-order valence-corrected chi connectivity index (χ4v) is 3.04. The molecule has 2 unspecified atom stereocenters. The minimum atomic E-state index is -1.04. The lowest BCUT2D eigenvalue weighted by Gasteiger charge is -2.25. The van der Waals surface area contributed by atoms with Crippen molar-refractivity contribution in [2.75, 3.05) is 7.11 Å². The summed E-state index contributed by atoms with van der Waals surface area (Å²) in [6.45, 7) is 2.52. The molecule has 120 valence electrons. The Morgan fingerprint density at radius 1 is 1.36 bits per heavy atom. The molecule has 2 N–H and O–H groups in total. The summed E-state index contributed by atoms with van der Waals surface area (Å²) in [5.41, 5.74) is 0.871. The van der Waals surface area contributed by atoms with E-state index in [4.69, 9.17) is 9.84 Å². The van der Waals surface area contributed by atoms with Crippen LogP contribution in [0.4, 0.5) is 0 Å². The minimum Gasteiger partial charge on any atom is -0.496 e. The van der Waals surface area contributed by atoms with Gasteiger partial charge in [-0.1, -0.05) is 25.8 Å². The number of benzene rings is 1. The summed E-state index contributed by atoms with van der Waals surface area (Å²) in [7, 11) is 1.44. The van der Waals surface area contributed by atoms with Gasteiger partial charge in [0.15, 0.2) is 0 Å². The number of aromatic carboxylic acids is 1. The molecule has 0 aromatic heterocycles. The van der Waals surface area contributed by atoms with Gasteiger partial charge in [0.1, 0.15) is 11.3 Å². The third-order valence-corrected chi connectivity index (χ3v) is 4.27. The number of carboxylic acid groups (broad SMARTS) is 1. The maximum absolute atomic E-state index is 12.2. The molecule has 0 aliphatic heterocycles. The number of carbonyl (C=O) groups excluding carboxylic acids is 1. The van der Waals surface area contributed by atoms with Crippen molar-refractivity contribution < 1.29 is 19.4 Å². The zero-order valence-corrected chi connectivity index (χ0v) is 13.1. The van der Waals surface area contributed by atoms with E-state index in [9.17, 15) is 9.59 Å². The van der Waals surface area contributed by atoms with E-state index >= 15 is 0 Å². The second-order valence-corrected chi connectivity index (χ2v) is 6.03. The van der Waals surface area contributed by atoms with E-state index in [0.717, 1.165) is 24.8 Å². The highest BCUT2D eigenvalue weighted by molar-refractivity contribution is 5.91. The van der Waals surface area contributed by atoms with Gasteiger partial charge in [0, 0.05) is 12.5 Å². The van der Waals surface area contributed by atoms with Crippen molar-refractivity contribution in [1.29, 1.82) is 0 Å². The highest BCUT2D eigenvalue weighted by atomic mass is 16.5. The number of ether oxygens (including phenoxy) is 1. The number of rotatable bonds is 5. The molecule has 1 aromatic rings. The average molecular weight is 305 g/mol. The molecule has 5 heteroatoms. The van der Waals surface area contributed by atoms with Crippen LogP contribution in [-0.4, -0.2) is 24.1 Å². The van der Waals surface area contributed by atoms with Crippen LogP contribution in [0.1, 0.15) is 48.5 Å². The van der Waals surface area contributed by atoms with Crippen LogP contribution in [0.3, 0.4) is 0 Å². The highest BCUT2D eigenvalue weighted by Gasteiger charge is 2.24. The Morgan fingerprint density at radius 3 is 2.77 bits per heavy atom. The summed E-state index contributed by atoms with van der Waals surface area (Å²) in [5, 5.41) is 12.1. The number of carboxylic acids is 1. The van der Waals surface area contributed by atoms with Gasteiger partial charge in [-0.3, -0.25) is 4.79 Å². The minimum absolute atomic E-state index is 0.0687. The van der Waals surface area contributed by atoms with Crippen LogP contribution in [0.2, 0.25) is 0 Å². The Hall–Kier alpha value is -2.04. The first-order valence-corrected chi connectivity index (χ1v) is 7.69. The molecule has 2 atom stereocenters. The average Bonchev–Trinajstić information content (AvgIpc) is 2.52. The first kappa shape index (κ1) is 16.3. The van der Waals surface area contributed by atoms with E-state index < -0.39 is 5.97 Å². The molecular weight excluding hydrogens is 282 g/mol. The Morgan fingerprint density at radius 2 is 2.14 bits per heavy atom. The van der Waals surface area contributed by atoms with Crippen molar-refractivity contribution in [2.24, 2.45) is 11.8 Å². The molecule has 1 amide bonds. The highest BCUT2D eigenvalue weighted by Crippen LogP contribution is 2.28. The molecule has 1 saturated carbocycles. The Balaban J connectivity index is 1.97. The van der Waals surface area contributed by atoms with Crippen molar-refractivity contribution in [3.63, 3.8) is 0 Å². The van der Waals surface area contributed by atoms with Crippen LogP contribution in [0.15, 0.2) is 18.2 Å². The second-order valence-electron chi connectivity index (χ2n) is 6.03. The third kappa shape index (κ3) is 4.00. The molecule has 2 rings (SSSR count). The van der Waals surface area contributed by atoms with E-state index in [1.54, 1.807) is 18.2 Å². The summed E-state index contributed by atoms with van der Waals surface area (Å²) in [5.74, 6) is 0.0408. The standard InChI is InChI=1S/C17H23NO4/c1-11-4-3-5-13(8-11)16(19)18-10-12-6-7-15(22-2)14(9-12)17(20)21/h6-7,9,11,13H,3-5,8,10H2,1-2H3,(H,18,19)(H,20,21). The normalized spacial score (nSPS) is 21.2. The molecular formula is C17H23NO4. The van der Waals surface area contributed by atoms with Gasteiger partial charge >= 0.3 is 5.97 Å². The first-order chi connectivity index (χ1) is 10.5. The SMILES string of the molecule is COc1ccc(CNC(=O)C2CCCC(C)C2)cc1C(=O)O. The number of hydrogen-bond acceptors (Lipinski definition) is 3. The summed E-state index contributed by atoms with van der Waals surface area (Å²) in [6.07, 6.45) is 4.18. The molecule has 1 aliphatic rings. The Bertz CT molecular complexity index is 556. The molecule has 0 heterocycles. The van der Waals surface area contributed by atoms with E-state index in [1.165, 1.54) is 13.5 Å². The first-order valence-electron chi connectivity index (χ1n) is 7.69. The van der Waals surface area contributed by atoms with Crippen molar-refractivity contribution in [1.82, 2.24) is 5.32 Å². The van der Waals surface area contributed by atoms with Crippen LogP contribution in [0, 0.1) is 11.8 Å². The maximum atomic E-state index is 12.2. The summed E-state index contributed by atoms with van der Waals surface area (Å²) in [4.78, 5) is 23.4. The van der Waals surface area contributed by atoms with Crippen LogP contribution in [0.25, 0.3) is 0 Å². The molecule has 1 fully saturated rings. The lowest BCUT2D eigenvalue weighted by Crippen LogP contribution is -2.33. The van der Waals surface area contributed by atoms with Gasteiger partial charge < -0.3 is 15.2 Å². The van der Waals surface area contributed by atoms with E-state index in [2.05, 4.69) is 12.2 Å². The van der Waals surface area contributed by atoms with Crippen molar-refractivity contribution >= 4 is 11.9 Å². The molecule has 0 spiro atoms. The number of carbonyl (C=O) groups is 2. The zero-order valence-electron chi connectivity index (χ0n) is 13.1. The predicted octanol–water partition coefficient (Wildman–Crippen LogP) is 2.84. The van der Waals surface area contributed by atoms with E-state index in [-0.39, 0.29) is 17.4 Å². The Labute approximate surface area is 130 Å². The lowest BCUT2D eigenvalue weighted by molar-refractivity contribution is -0.126. The van der Waals surface area contributed by atoms with Gasteiger partial charge in [0.05, 0.1) is 7.11 Å². The van der Waals surface area contributed by atoms with Gasteiger partial charge in [-0.25, -0.2) is 4.79 Å².